The Labute approximate surface area is 111 Å². The summed E-state index contributed by atoms with van der Waals surface area (Å²) in [7, 11) is 0. The van der Waals surface area contributed by atoms with Crippen LogP contribution in [0.4, 0.5) is 4.39 Å². The topological polar surface area (TPSA) is 63.3 Å². The predicted molar refractivity (Wildman–Crippen MR) is 69.1 cm³/mol. The van der Waals surface area contributed by atoms with Gasteiger partial charge in [0.2, 0.25) is 0 Å². The van der Waals surface area contributed by atoms with Crippen molar-refractivity contribution in [2.45, 2.75) is 25.7 Å². The van der Waals surface area contributed by atoms with Crippen LogP contribution in [0.25, 0.3) is 0 Å². The Morgan fingerprint density at radius 3 is 2.78 bits per heavy atom. The molecule has 5 heteroatoms. The highest BCUT2D eigenvalue weighted by Gasteiger charge is 2.19. The lowest BCUT2D eigenvalue weighted by atomic mass is 9.94. The Hall–Kier alpha value is -1.13. The van der Waals surface area contributed by atoms with Gasteiger partial charge in [0.15, 0.2) is 0 Å². The fourth-order valence-corrected chi connectivity index (χ4v) is 2.01. The second-order valence-electron chi connectivity index (χ2n) is 4.26. The summed E-state index contributed by atoms with van der Waals surface area (Å²) in [6, 6.07) is 4.00. The number of carboxylic acids is 1. The van der Waals surface area contributed by atoms with E-state index < -0.39 is 17.7 Å². The van der Waals surface area contributed by atoms with Crippen LogP contribution in [0.5, 0.6) is 0 Å². The summed E-state index contributed by atoms with van der Waals surface area (Å²) in [5, 5.41) is 9.53. The second-order valence-corrected chi connectivity index (χ2v) is 4.67. The van der Waals surface area contributed by atoms with Gasteiger partial charge in [0, 0.05) is 5.02 Å². The summed E-state index contributed by atoms with van der Waals surface area (Å²) in [5.41, 5.74) is 5.91. The molecule has 0 aromatic heterocycles. The summed E-state index contributed by atoms with van der Waals surface area (Å²) in [6.07, 6.45) is 2.32. The lowest BCUT2D eigenvalue weighted by Gasteiger charge is -2.13. The summed E-state index contributed by atoms with van der Waals surface area (Å²) >= 11 is 5.93. The summed E-state index contributed by atoms with van der Waals surface area (Å²) in [4.78, 5) is 11.1. The highest BCUT2D eigenvalue weighted by atomic mass is 35.5. The van der Waals surface area contributed by atoms with E-state index in [0.29, 0.717) is 23.6 Å². The molecule has 0 aliphatic rings. The minimum Gasteiger partial charge on any atom is -0.481 e. The molecule has 18 heavy (non-hydrogen) atoms. The van der Waals surface area contributed by atoms with Gasteiger partial charge in [0.1, 0.15) is 5.82 Å². The van der Waals surface area contributed by atoms with Crippen LogP contribution in [0.2, 0.25) is 5.02 Å². The lowest BCUT2D eigenvalue weighted by molar-refractivity contribution is -0.142. The molecule has 0 radical (unpaired) electrons. The maximum Gasteiger partial charge on any atom is 0.306 e. The Balaban J connectivity index is 2.70. The van der Waals surface area contributed by atoms with Gasteiger partial charge in [0.25, 0.3) is 0 Å². The van der Waals surface area contributed by atoms with E-state index in [-0.39, 0.29) is 6.42 Å². The summed E-state index contributed by atoms with van der Waals surface area (Å²) in [5.74, 6) is -1.83. The number of aliphatic carboxylic acids is 1. The highest BCUT2D eigenvalue weighted by molar-refractivity contribution is 6.31. The van der Waals surface area contributed by atoms with E-state index in [9.17, 15) is 9.18 Å². The van der Waals surface area contributed by atoms with Gasteiger partial charge in [-0.2, -0.15) is 0 Å². The van der Waals surface area contributed by atoms with Crippen LogP contribution in [0, 0.1) is 11.7 Å². The van der Waals surface area contributed by atoms with Crippen LogP contribution in [0.3, 0.4) is 0 Å². The Morgan fingerprint density at radius 1 is 1.44 bits per heavy atom. The molecular weight excluding hydrogens is 257 g/mol. The van der Waals surface area contributed by atoms with Gasteiger partial charge in [-0.1, -0.05) is 18.0 Å². The van der Waals surface area contributed by atoms with Crippen LogP contribution < -0.4 is 5.73 Å². The van der Waals surface area contributed by atoms with Crippen molar-refractivity contribution < 1.29 is 14.3 Å². The van der Waals surface area contributed by atoms with E-state index >= 15 is 0 Å². The number of hydrogen-bond acceptors (Lipinski definition) is 2. The van der Waals surface area contributed by atoms with Gasteiger partial charge in [-0.3, -0.25) is 4.79 Å². The first kappa shape index (κ1) is 14.9. The fourth-order valence-electron chi connectivity index (χ4n) is 1.81. The minimum absolute atomic E-state index is 0.247. The van der Waals surface area contributed by atoms with Crippen molar-refractivity contribution in [1.29, 1.82) is 0 Å². The molecule has 0 saturated heterocycles. The third-order valence-corrected chi connectivity index (χ3v) is 3.20. The molecule has 1 aromatic rings. The summed E-state index contributed by atoms with van der Waals surface area (Å²) < 4.78 is 13.1. The largest absolute Gasteiger partial charge is 0.481 e. The molecule has 0 amide bonds. The first-order chi connectivity index (χ1) is 8.54. The van der Waals surface area contributed by atoms with Gasteiger partial charge in [-0.25, -0.2) is 4.39 Å². The molecule has 0 saturated carbocycles. The highest BCUT2D eigenvalue weighted by Crippen LogP contribution is 2.23. The molecule has 1 unspecified atom stereocenters. The van der Waals surface area contributed by atoms with Crippen molar-refractivity contribution >= 4 is 17.6 Å². The number of carbonyl (C=O) groups is 1. The standard InChI is InChI=1S/C13H17ClFNO2/c14-12-5-4-11(15)8-10(12)7-9(13(17)18)3-1-2-6-16/h4-5,8-9H,1-3,6-7,16H2,(H,17,18). The molecule has 100 valence electrons. The second kappa shape index (κ2) is 7.34. The van der Waals surface area contributed by atoms with Crippen molar-refractivity contribution in [3.63, 3.8) is 0 Å². The molecule has 0 aliphatic heterocycles. The first-order valence-corrected chi connectivity index (χ1v) is 6.29. The molecular formula is C13H17ClFNO2. The number of benzene rings is 1. The zero-order chi connectivity index (χ0) is 13.5. The number of nitrogens with two attached hydrogens (primary N) is 1. The van der Waals surface area contributed by atoms with Crippen LogP contribution in [0.1, 0.15) is 24.8 Å². The Morgan fingerprint density at radius 2 is 2.17 bits per heavy atom. The smallest absolute Gasteiger partial charge is 0.306 e. The van der Waals surface area contributed by atoms with E-state index in [4.69, 9.17) is 22.4 Å². The molecule has 0 heterocycles. The van der Waals surface area contributed by atoms with Crippen molar-refractivity contribution in [1.82, 2.24) is 0 Å². The molecule has 0 spiro atoms. The van der Waals surface area contributed by atoms with Gasteiger partial charge in [-0.15, -0.1) is 0 Å². The molecule has 0 aliphatic carbocycles. The third kappa shape index (κ3) is 4.63. The number of rotatable bonds is 7. The molecule has 1 rings (SSSR count). The Bertz CT molecular complexity index is 412. The first-order valence-electron chi connectivity index (χ1n) is 5.91. The number of carboxylic acid groups (broad SMARTS) is 1. The predicted octanol–water partition coefficient (Wildman–Crippen LogP) is 2.85. The average molecular weight is 274 g/mol. The maximum atomic E-state index is 13.1. The van der Waals surface area contributed by atoms with Crippen LogP contribution in [-0.4, -0.2) is 17.6 Å². The van der Waals surface area contributed by atoms with Crippen molar-refractivity contribution in [2.24, 2.45) is 11.7 Å². The number of unbranched alkanes of at least 4 members (excludes halogenated alkanes) is 1. The summed E-state index contributed by atoms with van der Waals surface area (Å²) in [6.45, 7) is 0.549. The molecule has 3 N–H and O–H groups in total. The van der Waals surface area contributed by atoms with E-state index in [1.165, 1.54) is 18.2 Å². The normalized spacial score (nSPS) is 12.4. The molecule has 1 atom stereocenters. The van der Waals surface area contributed by atoms with Crippen LogP contribution >= 0.6 is 11.6 Å². The third-order valence-electron chi connectivity index (χ3n) is 2.83. The average Bonchev–Trinajstić information content (AvgIpc) is 2.32. The van der Waals surface area contributed by atoms with Crippen molar-refractivity contribution in [3.05, 3.63) is 34.6 Å². The fraction of sp³-hybridized carbons (Fsp3) is 0.462. The van der Waals surface area contributed by atoms with Gasteiger partial charge in [-0.05, 0) is 49.6 Å². The zero-order valence-electron chi connectivity index (χ0n) is 10.0. The molecule has 3 nitrogen and oxygen atoms in total. The van der Waals surface area contributed by atoms with E-state index in [0.717, 1.165) is 12.8 Å². The molecule has 0 bridgehead atoms. The minimum atomic E-state index is -0.882. The van der Waals surface area contributed by atoms with Gasteiger partial charge in [0.05, 0.1) is 5.92 Å². The van der Waals surface area contributed by atoms with E-state index in [1.54, 1.807) is 0 Å². The van der Waals surface area contributed by atoms with Gasteiger partial charge >= 0.3 is 5.97 Å². The quantitative estimate of drug-likeness (QED) is 0.751. The molecule has 0 fully saturated rings. The zero-order valence-corrected chi connectivity index (χ0v) is 10.8. The van der Waals surface area contributed by atoms with E-state index in [2.05, 4.69) is 0 Å². The lowest BCUT2D eigenvalue weighted by Crippen LogP contribution is -2.17. The number of halogens is 2. The number of hydrogen-bond donors (Lipinski definition) is 2. The maximum absolute atomic E-state index is 13.1. The van der Waals surface area contributed by atoms with Crippen LogP contribution in [0.15, 0.2) is 18.2 Å². The molecule has 1 aromatic carbocycles. The van der Waals surface area contributed by atoms with E-state index in [1.807, 2.05) is 0 Å². The monoisotopic (exact) mass is 273 g/mol. The van der Waals surface area contributed by atoms with Gasteiger partial charge < -0.3 is 10.8 Å². The Kier molecular flexibility index (Phi) is 6.09. The van der Waals surface area contributed by atoms with Crippen LogP contribution in [-0.2, 0) is 11.2 Å². The van der Waals surface area contributed by atoms with Crippen molar-refractivity contribution in [3.8, 4) is 0 Å². The van der Waals surface area contributed by atoms with Crippen molar-refractivity contribution in [2.75, 3.05) is 6.54 Å². The SMILES string of the molecule is NCCCCC(Cc1cc(F)ccc1Cl)C(=O)O.